The summed E-state index contributed by atoms with van der Waals surface area (Å²) in [6, 6.07) is 8.91. The molecule has 3 heterocycles. The van der Waals surface area contributed by atoms with Crippen molar-refractivity contribution in [2.75, 3.05) is 24.5 Å². The van der Waals surface area contributed by atoms with Gasteiger partial charge in [-0.05, 0) is 30.9 Å². The fourth-order valence-corrected chi connectivity index (χ4v) is 3.55. The van der Waals surface area contributed by atoms with Gasteiger partial charge in [0, 0.05) is 31.1 Å². The van der Waals surface area contributed by atoms with Crippen LogP contribution in [0.25, 0.3) is 10.9 Å². The predicted molar refractivity (Wildman–Crippen MR) is 76.3 cm³/mol. The summed E-state index contributed by atoms with van der Waals surface area (Å²) in [6.07, 6.45) is 4.31. The van der Waals surface area contributed by atoms with Gasteiger partial charge in [-0.1, -0.05) is 12.1 Å². The number of nitrogens with one attached hydrogen (secondary N) is 1. The van der Waals surface area contributed by atoms with Crippen molar-refractivity contribution >= 4 is 16.7 Å². The second-order valence-corrected chi connectivity index (χ2v) is 5.54. The number of fused-ring (bicyclic) bond motifs is 2. The second-order valence-electron chi connectivity index (χ2n) is 5.54. The molecule has 2 saturated heterocycles. The zero-order valence-corrected chi connectivity index (χ0v) is 10.9. The van der Waals surface area contributed by atoms with E-state index in [0.29, 0.717) is 6.04 Å². The predicted octanol–water partition coefficient (Wildman–Crippen LogP) is 1.82. The first-order valence-corrected chi connectivity index (χ1v) is 7.10. The fraction of sp³-hybridized carbons (Fsp3) is 0.467. The standard InChI is InChI=1S/C15H18N4/c1-2-6-13-12(5-1)15(18-10-17-13)19-7-3-4-11-8-16-9-14(11)19/h1-2,5-6,10-11,14,16H,3-4,7-9H2. The van der Waals surface area contributed by atoms with Crippen molar-refractivity contribution < 1.29 is 0 Å². The third-order valence-corrected chi connectivity index (χ3v) is 4.47. The third kappa shape index (κ3) is 1.78. The van der Waals surface area contributed by atoms with Crippen LogP contribution in [0.2, 0.25) is 0 Å². The van der Waals surface area contributed by atoms with Crippen LogP contribution < -0.4 is 10.2 Å². The lowest BCUT2D eigenvalue weighted by molar-refractivity contribution is 0.384. The van der Waals surface area contributed by atoms with Gasteiger partial charge < -0.3 is 10.2 Å². The van der Waals surface area contributed by atoms with Crippen molar-refractivity contribution in [3.05, 3.63) is 30.6 Å². The smallest absolute Gasteiger partial charge is 0.140 e. The van der Waals surface area contributed by atoms with E-state index in [1.54, 1.807) is 6.33 Å². The summed E-state index contributed by atoms with van der Waals surface area (Å²) >= 11 is 0. The van der Waals surface area contributed by atoms with Gasteiger partial charge >= 0.3 is 0 Å². The van der Waals surface area contributed by atoms with E-state index in [9.17, 15) is 0 Å². The number of rotatable bonds is 1. The van der Waals surface area contributed by atoms with E-state index in [0.717, 1.165) is 36.9 Å². The zero-order valence-electron chi connectivity index (χ0n) is 10.9. The lowest BCUT2D eigenvalue weighted by Crippen LogP contribution is -2.45. The highest BCUT2D eigenvalue weighted by atomic mass is 15.3. The lowest BCUT2D eigenvalue weighted by Gasteiger charge is -2.38. The molecule has 0 radical (unpaired) electrons. The van der Waals surface area contributed by atoms with E-state index in [1.807, 2.05) is 6.07 Å². The molecule has 0 aliphatic carbocycles. The molecule has 0 saturated carbocycles. The van der Waals surface area contributed by atoms with Gasteiger partial charge in [0.15, 0.2) is 0 Å². The van der Waals surface area contributed by atoms with Crippen LogP contribution in [0.1, 0.15) is 12.8 Å². The van der Waals surface area contributed by atoms with E-state index >= 15 is 0 Å². The van der Waals surface area contributed by atoms with Crippen molar-refractivity contribution in [1.29, 1.82) is 0 Å². The van der Waals surface area contributed by atoms with Crippen LogP contribution in [0.15, 0.2) is 30.6 Å². The van der Waals surface area contributed by atoms with E-state index in [4.69, 9.17) is 0 Å². The van der Waals surface area contributed by atoms with Crippen LogP contribution in [-0.2, 0) is 0 Å². The summed E-state index contributed by atoms with van der Waals surface area (Å²) in [5.41, 5.74) is 1.04. The molecular formula is C15H18N4. The molecule has 2 fully saturated rings. The highest BCUT2D eigenvalue weighted by molar-refractivity contribution is 5.89. The lowest BCUT2D eigenvalue weighted by atomic mass is 9.92. The van der Waals surface area contributed by atoms with Gasteiger partial charge in [-0.15, -0.1) is 0 Å². The number of nitrogens with zero attached hydrogens (tertiary/aromatic N) is 3. The first-order chi connectivity index (χ1) is 9.43. The Morgan fingerprint density at radius 2 is 2.11 bits per heavy atom. The van der Waals surface area contributed by atoms with E-state index < -0.39 is 0 Å². The summed E-state index contributed by atoms with van der Waals surface area (Å²) < 4.78 is 0. The van der Waals surface area contributed by atoms with Gasteiger partial charge in [0.2, 0.25) is 0 Å². The second kappa shape index (κ2) is 4.46. The molecule has 0 spiro atoms. The van der Waals surface area contributed by atoms with Crippen LogP contribution in [0.5, 0.6) is 0 Å². The monoisotopic (exact) mass is 254 g/mol. The molecule has 4 heteroatoms. The number of piperidine rings is 1. The summed E-state index contributed by atoms with van der Waals surface area (Å²) in [5, 5.41) is 4.71. The molecule has 2 unspecified atom stereocenters. The molecule has 1 N–H and O–H groups in total. The quantitative estimate of drug-likeness (QED) is 0.843. The van der Waals surface area contributed by atoms with E-state index in [2.05, 4.69) is 38.4 Å². The van der Waals surface area contributed by atoms with Crippen LogP contribution in [0.4, 0.5) is 5.82 Å². The Balaban J connectivity index is 1.81. The molecule has 2 atom stereocenters. The normalized spacial score (nSPS) is 26.6. The molecule has 98 valence electrons. The number of hydrogen-bond donors (Lipinski definition) is 1. The number of para-hydroxylation sites is 1. The minimum absolute atomic E-state index is 0.604. The topological polar surface area (TPSA) is 41.0 Å². The average Bonchev–Trinajstić information content (AvgIpc) is 2.95. The van der Waals surface area contributed by atoms with Gasteiger partial charge in [-0.3, -0.25) is 0 Å². The third-order valence-electron chi connectivity index (χ3n) is 4.47. The number of aromatic nitrogens is 2. The number of benzene rings is 1. The first-order valence-electron chi connectivity index (χ1n) is 7.10. The molecule has 2 aliphatic rings. The summed E-state index contributed by atoms with van der Waals surface area (Å²) in [6.45, 7) is 3.36. The minimum atomic E-state index is 0.604. The van der Waals surface area contributed by atoms with Crippen molar-refractivity contribution in [1.82, 2.24) is 15.3 Å². The zero-order chi connectivity index (χ0) is 12.7. The van der Waals surface area contributed by atoms with Gasteiger partial charge in [0.05, 0.1) is 5.52 Å². The largest absolute Gasteiger partial charge is 0.351 e. The fourth-order valence-electron chi connectivity index (χ4n) is 3.55. The Morgan fingerprint density at radius 1 is 1.16 bits per heavy atom. The molecule has 19 heavy (non-hydrogen) atoms. The number of hydrogen-bond acceptors (Lipinski definition) is 4. The van der Waals surface area contributed by atoms with Crippen molar-refractivity contribution in [3.63, 3.8) is 0 Å². The number of anilines is 1. The Morgan fingerprint density at radius 3 is 3.11 bits per heavy atom. The highest BCUT2D eigenvalue weighted by Gasteiger charge is 2.36. The van der Waals surface area contributed by atoms with Gasteiger partial charge in [-0.2, -0.15) is 0 Å². The Labute approximate surface area is 112 Å². The molecule has 1 aromatic heterocycles. The first kappa shape index (κ1) is 11.2. The maximum atomic E-state index is 4.58. The summed E-state index contributed by atoms with van der Waals surface area (Å²) in [4.78, 5) is 11.4. The van der Waals surface area contributed by atoms with Crippen molar-refractivity contribution in [3.8, 4) is 0 Å². The maximum Gasteiger partial charge on any atom is 0.140 e. The average molecular weight is 254 g/mol. The van der Waals surface area contributed by atoms with Crippen LogP contribution in [-0.4, -0.2) is 35.6 Å². The molecule has 2 aromatic rings. The van der Waals surface area contributed by atoms with Gasteiger partial charge in [-0.25, -0.2) is 9.97 Å². The Bertz CT molecular complexity index is 592. The minimum Gasteiger partial charge on any atom is -0.351 e. The highest BCUT2D eigenvalue weighted by Crippen LogP contribution is 2.32. The Hall–Kier alpha value is -1.68. The van der Waals surface area contributed by atoms with Crippen molar-refractivity contribution in [2.45, 2.75) is 18.9 Å². The van der Waals surface area contributed by atoms with E-state index in [1.165, 1.54) is 18.2 Å². The molecule has 4 rings (SSSR count). The van der Waals surface area contributed by atoms with Crippen LogP contribution >= 0.6 is 0 Å². The molecule has 0 amide bonds. The molecular weight excluding hydrogens is 236 g/mol. The molecule has 4 nitrogen and oxygen atoms in total. The van der Waals surface area contributed by atoms with Crippen LogP contribution in [0.3, 0.4) is 0 Å². The van der Waals surface area contributed by atoms with Gasteiger partial charge in [0.25, 0.3) is 0 Å². The summed E-state index contributed by atoms with van der Waals surface area (Å²) in [5.74, 6) is 1.89. The molecule has 1 aromatic carbocycles. The SMILES string of the molecule is c1ccc2c(N3CCCC4CNCC43)ncnc2c1. The maximum absolute atomic E-state index is 4.58. The Kier molecular flexibility index (Phi) is 2.62. The van der Waals surface area contributed by atoms with E-state index in [-0.39, 0.29) is 0 Å². The van der Waals surface area contributed by atoms with Crippen LogP contribution in [0, 0.1) is 5.92 Å². The molecule has 0 bridgehead atoms. The summed E-state index contributed by atoms with van der Waals surface area (Å²) in [7, 11) is 0. The van der Waals surface area contributed by atoms with Crippen molar-refractivity contribution in [2.24, 2.45) is 5.92 Å². The van der Waals surface area contributed by atoms with Gasteiger partial charge in [0.1, 0.15) is 12.1 Å². The molecule has 2 aliphatic heterocycles.